The van der Waals surface area contributed by atoms with Gasteiger partial charge in [0.15, 0.2) is 0 Å². The molecule has 6 amide bonds. The molecular weight excluding hydrogens is 901 g/mol. The number of nitrogens with zero attached hydrogens (tertiary/aromatic N) is 6. The Morgan fingerprint density at radius 1 is 0.957 bits per heavy atom. The number of urea groups is 1. The quantitative estimate of drug-likeness (QED) is 0.0257. The number of rotatable bonds is 22. The Labute approximate surface area is 406 Å². The highest BCUT2D eigenvalue weighted by atomic mass is 32.1. The van der Waals surface area contributed by atoms with Crippen molar-refractivity contribution in [3.63, 3.8) is 0 Å². The molecule has 19 heteroatoms. The van der Waals surface area contributed by atoms with Crippen molar-refractivity contribution >= 4 is 46.7 Å². The maximum atomic E-state index is 14.0. The van der Waals surface area contributed by atoms with E-state index < -0.39 is 35.4 Å². The number of hydrogen-bond donors (Lipinski definition) is 6. The molecule has 0 unspecified atom stereocenters. The number of anilines is 1. The number of unbranched alkanes of at least 4 members (excludes halogenated alkanes) is 2. The second kappa shape index (κ2) is 24.5. The highest BCUT2D eigenvalue weighted by molar-refractivity contribution is 7.13. The Morgan fingerprint density at radius 2 is 1.68 bits per heavy atom. The van der Waals surface area contributed by atoms with Crippen LogP contribution in [0.2, 0.25) is 0 Å². The van der Waals surface area contributed by atoms with Crippen molar-refractivity contribution in [3.8, 4) is 16.2 Å². The number of aryl methyl sites for hydroxylation is 2. The summed E-state index contributed by atoms with van der Waals surface area (Å²) in [7, 11) is 0. The lowest BCUT2D eigenvalue weighted by Crippen LogP contribution is -2.57. The molecule has 1 aliphatic rings. The number of thiazole rings is 1. The molecule has 3 aromatic carbocycles. The van der Waals surface area contributed by atoms with Gasteiger partial charge in [-0.3, -0.25) is 24.4 Å². The number of benzene rings is 3. The van der Waals surface area contributed by atoms with Crippen molar-refractivity contribution in [2.75, 3.05) is 25.0 Å². The summed E-state index contributed by atoms with van der Waals surface area (Å²) in [6.07, 6.45) is 4.85. The molecule has 3 atom stereocenters. The Hall–Kier alpha value is -6.70. The van der Waals surface area contributed by atoms with Gasteiger partial charge in [0, 0.05) is 56.5 Å². The van der Waals surface area contributed by atoms with Crippen molar-refractivity contribution in [1.82, 2.24) is 45.9 Å². The summed E-state index contributed by atoms with van der Waals surface area (Å²) < 4.78 is 7.62. The molecule has 69 heavy (non-hydrogen) atoms. The maximum absolute atomic E-state index is 14.0. The van der Waals surface area contributed by atoms with Crippen LogP contribution in [0.5, 0.6) is 5.75 Å². The topological polar surface area (TPSA) is 233 Å². The van der Waals surface area contributed by atoms with Gasteiger partial charge in [-0.05, 0) is 91.1 Å². The van der Waals surface area contributed by atoms with Gasteiger partial charge in [0.05, 0.1) is 34.4 Å². The summed E-state index contributed by atoms with van der Waals surface area (Å²) in [5.41, 5.74) is 8.22. The van der Waals surface area contributed by atoms with E-state index in [1.54, 1.807) is 74.9 Å². The van der Waals surface area contributed by atoms with Crippen molar-refractivity contribution in [1.29, 1.82) is 0 Å². The van der Waals surface area contributed by atoms with Gasteiger partial charge >= 0.3 is 6.03 Å². The number of β-amino-alcohol motifs (C(OH)–C–C–N with tert-alkyl or cyclic N) is 1. The third-order valence-corrected chi connectivity index (χ3v) is 12.8. The van der Waals surface area contributed by atoms with Crippen LogP contribution in [0.15, 0.2) is 84.5 Å². The van der Waals surface area contributed by atoms with Crippen molar-refractivity contribution in [2.45, 2.75) is 117 Å². The number of carbonyl (C=O) groups excluding carboxylic acids is 5. The van der Waals surface area contributed by atoms with Crippen LogP contribution in [0.25, 0.3) is 10.4 Å². The third-order valence-electron chi connectivity index (χ3n) is 11.8. The second-order valence-electron chi connectivity index (χ2n) is 18.3. The normalized spacial score (nSPS) is 15.0. The zero-order valence-corrected chi connectivity index (χ0v) is 40.8. The smallest absolute Gasteiger partial charge is 0.322 e. The Morgan fingerprint density at radius 3 is 2.35 bits per heavy atom. The van der Waals surface area contributed by atoms with Crippen LogP contribution >= 0.6 is 11.3 Å². The molecule has 0 bridgehead atoms. The zero-order chi connectivity index (χ0) is 49.5. The monoisotopic (exact) mass is 964 g/mol. The lowest BCUT2D eigenvalue weighted by Gasteiger charge is -2.35. The number of hydroxylamine groups is 1. The SMILES string of the molecule is CCCCN(Cc1ccc(C(=O)NO)cc1)C(=O)Nc1ccc(OCCn2cc(CCCCC(=O)N[C@H](C(=O)N3C[C@H](O)C[C@H]3C(=O)NCc3ccc(-c4scnc4C)cc3)C(C)(C)C)nn2)cc1. The van der Waals surface area contributed by atoms with Gasteiger partial charge in [0.1, 0.15) is 24.4 Å². The molecule has 1 saturated heterocycles. The Bertz CT molecular complexity index is 2490. The molecule has 2 aromatic heterocycles. The van der Waals surface area contributed by atoms with Crippen molar-refractivity contribution < 1.29 is 39.0 Å². The first-order valence-corrected chi connectivity index (χ1v) is 24.3. The number of aromatic nitrogens is 4. The van der Waals surface area contributed by atoms with Crippen LogP contribution in [-0.2, 0) is 40.4 Å². The van der Waals surface area contributed by atoms with Gasteiger partial charge in [-0.2, -0.15) is 0 Å². The number of carbonyl (C=O) groups is 5. The van der Waals surface area contributed by atoms with E-state index in [1.807, 2.05) is 63.7 Å². The van der Waals surface area contributed by atoms with Crippen LogP contribution in [0, 0.1) is 12.3 Å². The van der Waals surface area contributed by atoms with Gasteiger partial charge in [-0.15, -0.1) is 16.4 Å². The molecule has 1 aliphatic heterocycles. The first-order chi connectivity index (χ1) is 33.1. The molecule has 1 fully saturated rings. The lowest BCUT2D eigenvalue weighted by molar-refractivity contribution is -0.144. The standard InChI is InChI=1S/C50H64N10O8S/c1-6-7-24-58(29-35-14-18-37(19-15-35)46(63)56-67)49(66)53-38-20-22-41(23-21-38)68-26-25-59-30-39(55-57-59)10-8-9-11-43(62)54-45(50(3,4)5)48(65)60-31-40(61)27-42(60)47(64)51-28-34-12-16-36(17-13-34)44-33(2)52-32-69-44/h12-23,30,32,40,42,45,61,67H,6-11,24-29,31H2,1-5H3,(H,51,64)(H,53,66)(H,54,62)(H,56,63)/t40-,42+,45-/m1/s1. The molecule has 0 saturated carbocycles. The average molecular weight is 965 g/mol. The van der Waals surface area contributed by atoms with E-state index >= 15 is 0 Å². The summed E-state index contributed by atoms with van der Waals surface area (Å²) in [6, 6.07) is 19.6. The minimum Gasteiger partial charge on any atom is -0.492 e. The summed E-state index contributed by atoms with van der Waals surface area (Å²) in [6.45, 7) is 11.6. The second-order valence-corrected chi connectivity index (χ2v) is 19.2. The largest absolute Gasteiger partial charge is 0.492 e. The summed E-state index contributed by atoms with van der Waals surface area (Å²) in [5, 5.41) is 36.8. The number of nitrogens with one attached hydrogen (secondary N) is 4. The fourth-order valence-corrected chi connectivity index (χ4v) is 8.72. The number of hydrogen-bond acceptors (Lipinski definition) is 12. The summed E-state index contributed by atoms with van der Waals surface area (Å²) in [5.74, 6) is -1.02. The predicted molar refractivity (Wildman–Crippen MR) is 261 cm³/mol. The summed E-state index contributed by atoms with van der Waals surface area (Å²) >= 11 is 1.57. The number of ether oxygens (including phenoxy) is 1. The van der Waals surface area contributed by atoms with Crippen LogP contribution in [-0.4, -0.2) is 108 Å². The van der Waals surface area contributed by atoms with Gasteiger partial charge < -0.3 is 35.6 Å². The van der Waals surface area contributed by atoms with E-state index in [0.717, 1.165) is 45.8 Å². The Balaban J connectivity index is 0.901. The predicted octanol–water partition coefficient (Wildman–Crippen LogP) is 6.26. The molecule has 368 valence electrons. The van der Waals surface area contributed by atoms with E-state index in [0.29, 0.717) is 62.5 Å². The first-order valence-electron chi connectivity index (χ1n) is 23.4. The number of amides is 6. The fourth-order valence-electron chi connectivity index (χ4n) is 7.91. The highest BCUT2D eigenvalue weighted by Gasteiger charge is 2.44. The van der Waals surface area contributed by atoms with Gasteiger partial charge in [-0.25, -0.2) is 19.9 Å². The van der Waals surface area contributed by atoms with E-state index in [-0.39, 0.29) is 43.8 Å². The molecule has 5 aromatic rings. The summed E-state index contributed by atoms with van der Waals surface area (Å²) in [4.78, 5) is 74.2. The minimum atomic E-state index is -0.908. The molecule has 18 nitrogen and oxygen atoms in total. The van der Waals surface area contributed by atoms with E-state index in [4.69, 9.17) is 9.94 Å². The van der Waals surface area contributed by atoms with Crippen LogP contribution in [0.1, 0.15) is 99.1 Å². The van der Waals surface area contributed by atoms with Crippen molar-refractivity contribution in [3.05, 3.63) is 113 Å². The number of likely N-dealkylation sites (tertiary alicyclic amines) is 1. The Kier molecular flexibility index (Phi) is 18.4. The molecular formula is C50H64N10O8S. The van der Waals surface area contributed by atoms with Gasteiger partial charge in [0.2, 0.25) is 17.7 Å². The van der Waals surface area contributed by atoms with Gasteiger partial charge in [0.25, 0.3) is 5.91 Å². The highest BCUT2D eigenvalue weighted by Crippen LogP contribution is 2.29. The maximum Gasteiger partial charge on any atom is 0.322 e. The third kappa shape index (κ3) is 14.9. The molecule has 0 radical (unpaired) electrons. The minimum absolute atomic E-state index is 0.000142. The lowest BCUT2D eigenvalue weighted by atomic mass is 9.85. The first kappa shape index (κ1) is 51.7. The molecule has 0 spiro atoms. The van der Waals surface area contributed by atoms with Gasteiger partial charge in [-0.1, -0.05) is 75.7 Å². The van der Waals surface area contributed by atoms with E-state index in [2.05, 4.69) is 38.2 Å². The van der Waals surface area contributed by atoms with Crippen LogP contribution < -0.4 is 26.2 Å². The van der Waals surface area contributed by atoms with E-state index in [9.17, 15) is 29.1 Å². The number of aliphatic hydroxyl groups excluding tert-OH is 1. The zero-order valence-electron chi connectivity index (χ0n) is 39.9. The van der Waals surface area contributed by atoms with E-state index in [1.165, 1.54) is 4.90 Å². The molecule has 0 aliphatic carbocycles. The van der Waals surface area contributed by atoms with Crippen LogP contribution in [0.4, 0.5) is 10.5 Å². The van der Waals surface area contributed by atoms with Crippen LogP contribution in [0.3, 0.4) is 0 Å². The number of aliphatic hydroxyl groups is 1. The van der Waals surface area contributed by atoms with Crippen molar-refractivity contribution in [2.24, 2.45) is 5.41 Å². The fraction of sp³-hybridized carbons (Fsp3) is 0.440. The molecule has 6 rings (SSSR count). The molecule has 6 N–H and O–H groups in total. The average Bonchev–Trinajstić information content (AvgIpc) is 4.10. The molecule has 3 heterocycles.